The van der Waals surface area contributed by atoms with Crippen molar-refractivity contribution in [3.63, 3.8) is 0 Å². The van der Waals surface area contributed by atoms with Crippen molar-refractivity contribution in [2.75, 3.05) is 40.0 Å². The zero-order valence-corrected chi connectivity index (χ0v) is 8.77. The lowest BCUT2D eigenvalue weighted by atomic mass is 9.81. The standard InChI is InChI=1S/C10H21NO2/c1-10(8-11-9-10)4-7-13-6-3-5-12-2/h11H,3-9H2,1-2H3. The van der Waals surface area contributed by atoms with Crippen molar-refractivity contribution >= 4 is 0 Å². The molecule has 1 aliphatic rings. The molecule has 1 N–H and O–H groups in total. The molecule has 13 heavy (non-hydrogen) atoms. The first-order valence-corrected chi connectivity index (χ1v) is 5.04. The Hall–Kier alpha value is -0.120. The second kappa shape index (κ2) is 5.58. The predicted molar refractivity (Wildman–Crippen MR) is 52.9 cm³/mol. The summed E-state index contributed by atoms with van der Waals surface area (Å²) in [6.07, 6.45) is 2.18. The Morgan fingerprint density at radius 1 is 1.23 bits per heavy atom. The van der Waals surface area contributed by atoms with Crippen LogP contribution in [0.15, 0.2) is 0 Å². The number of hydrogen-bond donors (Lipinski definition) is 1. The third-order valence-corrected chi connectivity index (χ3v) is 2.59. The summed E-state index contributed by atoms with van der Waals surface area (Å²) in [7, 11) is 1.72. The molecule has 1 heterocycles. The molecule has 1 aliphatic heterocycles. The van der Waals surface area contributed by atoms with Gasteiger partial charge >= 0.3 is 0 Å². The maximum absolute atomic E-state index is 5.50. The van der Waals surface area contributed by atoms with Gasteiger partial charge in [-0.25, -0.2) is 0 Å². The van der Waals surface area contributed by atoms with Crippen molar-refractivity contribution in [3.8, 4) is 0 Å². The topological polar surface area (TPSA) is 30.5 Å². The fraction of sp³-hybridized carbons (Fsp3) is 1.00. The monoisotopic (exact) mass is 187 g/mol. The van der Waals surface area contributed by atoms with Gasteiger partial charge in [0.05, 0.1) is 0 Å². The largest absolute Gasteiger partial charge is 0.385 e. The molecule has 0 aromatic heterocycles. The lowest BCUT2D eigenvalue weighted by molar-refractivity contribution is 0.0634. The Labute approximate surface area is 80.8 Å². The molecule has 78 valence electrons. The smallest absolute Gasteiger partial charge is 0.0487 e. The van der Waals surface area contributed by atoms with Gasteiger partial charge in [-0.2, -0.15) is 0 Å². The van der Waals surface area contributed by atoms with Crippen molar-refractivity contribution in [1.29, 1.82) is 0 Å². The highest BCUT2D eigenvalue weighted by Gasteiger charge is 2.30. The third-order valence-electron chi connectivity index (χ3n) is 2.59. The van der Waals surface area contributed by atoms with Crippen LogP contribution in [0.25, 0.3) is 0 Å². The minimum absolute atomic E-state index is 0.501. The Balaban J connectivity index is 1.83. The van der Waals surface area contributed by atoms with E-state index < -0.39 is 0 Å². The third kappa shape index (κ3) is 4.07. The van der Waals surface area contributed by atoms with E-state index in [-0.39, 0.29) is 0 Å². The molecular weight excluding hydrogens is 166 g/mol. The highest BCUT2D eigenvalue weighted by atomic mass is 16.5. The van der Waals surface area contributed by atoms with Crippen LogP contribution in [0, 0.1) is 5.41 Å². The molecule has 0 spiro atoms. The molecule has 3 nitrogen and oxygen atoms in total. The van der Waals surface area contributed by atoms with Crippen molar-refractivity contribution in [1.82, 2.24) is 5.32 Å². The van der Waals surface area contributed by atoms with Crippen molar-refractivity contribution in [2.45, 2.75) is 19.8 Å². The van der Waals surface area contributed by atoms with Gasteiger partial charge in [0.15, 0.2) is 0 Å². The fourth-order valence-electron chi connectivity index (χ4n) is 1.45. The molecule has 0 aromatic carbocycles. The van der Waals surface area contributed by atoms with Gasteiger partial charge in [-0.05, 0) is 18.3 Å². The fourth-order valence-corrected chi connectivity index (χ4v) is 1.45. The first kappa shape index (κ1) is 11.0. The van der Waals surface area contributed by atoms with E-state index in [9.17, 15) is 0 Å². The van der Waals surface area contributed by atoms with Crippen LogP contribution in [0.4, 0.5) is 0 Å². The zero-order valence-electron chi connectivity index (χ0n) is 8.77. The Kier molecular flexibility index (Phi) is 4.70. The lowest BCUT2D eigenvalue weighted by Gasteiger charge is -2.39. The van der Waals surface area contributed by atoms with E-state index >= 15 is 0 Å². The SMILES string of the molecule is COCCCOCCC1(C)CNC1. The molecule has 0 atom stereocenters. The highest BCUT2D eigenvalue weighted by Crippen LogP contribution is 2.25. The first-order chi connectivity index (χ1) is 6.27. The van der Waals surface area contributed by atoms with E-state index in [2.05, 4.69) is 12.2 Å². The average molecular weight is 187 g/mol. The van der Waals surface area contributed by atoms with Crippen LogP contribution in [0.2, 0.25) is 0 Å². The van der Waals surface area contributed by atoms with Crippen molar-refractivity contribution < 1.29 is 9.47 Å². The molecule has 1 saturated heterocycles. The maximum Gasteiger partial charge on any atom is 0.0487 e. The molecule has 3 heteroatoms. The second-order valence-corrected chi connectivity index (χ2v) is 4.12. The average Bonchev–Trinajstić information content (AvgIpc) is 2.08. The molecule has 0 aromatic rings. The summed E-state index contributed by atoms with van der Waals surface area (Å²) >= 11 is 0. The molecule has 0 saturated carbocycles. The van der Waals surface area contributed by atoms with E-state index in [4.69, 9.17) is 9.47 Å². The molecular formula is C10H21NO2. The molecule has 0 bridgehead atoms. The molecule has 0 aliphatic carbocycles. The predicted octanol–water partition coefficient (Wildman–Crippen LogP) is 1.04. The molecule has 1 fully saturated rings. The maximum atomic E-state index is 5.50. The first-order valence-electron chi connectivity index (χ1n) is 5.04. The van der Waals surface area contributed by atoms with Crippen LogP contribution in [0.1, 0.15) is 19.8 Å². The van der Waals surface area contributed by atoms with Gasteiger partial charge in [-0.15, -0.1) is 0 Å². The van der Waals surface area contributed by atoms with Crippen molar-refractivity contribution in [3.05, 3.63) is 0 Å². The number of methoxy groups -OCH3 is 1. The summed E-state index contributed by atoms with van der Waals surface area (Å²) < 4.78 is 10.4. The van der Waals surface area contributed by atoms with E-state index in [0.29, 0.717) is 5.41 Å². The van der Waals surface area contributed by atoms with Crippen LogP contribution in [-0.4, -0.2) is 40.0 Å². The van der Waals surface area contributed by atoms with Crippen LogP contribution in [0.3, 0.4) is 0 Å². The minimum atomic E-state index is 0.501. The van der Waals surface area contributed by atoms with E-state index in [1.807, 2.05) is 0 Å². The molecule has 1 rings (SSSR count). The Morgan fingerprint density at radius 2 is 2.00 bits per heavy atom. The van der Waals surface area contributed by atoms with Gasteiger partial charge in [0.1, 0.15) is 0 Å². The van der Waals surface area contributed by atoms with Crippen molar-refractivity contribution in [2.24, 2.45) is 5.41 Å². The number of nitrogens with one attached hydrogen (secondary N) is 1. The number of ether oxygens (including phenoxy) is 2. The quantitative estimate of drug-likeness (QED) is 0.604. The van der Waals surface area contributed by atoms with E-state index in [0.717, 1.165) is 39.3 Å². The van der Waals surface area contributed by atoms with Gasteiger partial charge in [0.25, 0.3) is 0 Å². The van der Waals surface area contributed by atoms with Crippen LogP contribution < -0.4 is 5.32 Å². The number of hydrogen-bond acceptors (Lipinski definition) is 3. The van der Waals surface area contributed by atoms with Crippen LogP contribution in [-0.2, 0) is 9.47 Å². The number of rotatable bonds is 7. The summed E-state index contributed by atoms with van der Waals surface area (Å²) in [5.74, 6) is 0. The zero-order chi connectivity index (χ0) is 9.57. The van der Waals surface area contributed by atoms with Gasteiger partial charge in [-0.1, -0.05) is 6.92 Å². The molecule has 0 radical (unpaired) electrons. The summed E-state index contributed by atoms with van der Waals surface area (Å²) in [6, 6.07) is 0. The van der Waals surface area contributed by atoms with Gasteiger partial charge in [0, 0.05) is 40.0 Å². The lowest BCUT2D eigenvalue weighted by Crippen LogP contribution is -2.51. The van der Waals surface area contributed by atoms with Crippen LogP contribution in [0.5, 0.6) is 0 Å². The summed E-state index contributed by atoms with van der Waals surface area (Å²) in [5.41, 5.74) is 0.501. The van der Waals surface area contributed by atoms with E-state index in [1.54, 1.807) is 7.11 Å². The summed E-state index contributed by atoms with van der Waals surface area (Å²) in [5, 5.41) is 3.29. The van der Waals surface area contributed by atoms with Gasteiger partial charge in [-0.3, -0.25) is 0 Å². The minimum Gasteiger partial charge on any atom is -0.385 e. The van der Waals surface area contributed by atoms with Crippen LogP contribution >= 0.6 is 0 Å². The molecule has 0 unspecified atom stereocenters. The van der Waals surface area contributed by atoms with Gasteiger partial charge in [0.2, 0.25) is 0 Å². The highest BCUT2D eigenvalue weighted by molar-refractivity contribution is 4.87. The Bertz CT molecular complexity index is 135. The summed E-state index contributed by atoms with van der Waals surface area (Å²) in [4.78, 5) is 0. The Morgan fingerprint density at radius 3 is 2.54 bits per heavy atom. The molecule has 0 amide bonds. The van der Waals surface area contributed by atoms with Gasteiger partial charge < -0.3 is 14.8 Å². The van der Waals surface area contributed by atoms with E-state index in [1.165, 1.54) is 6.42 Å². The summed E-state index contributed by atoms with van der Waals surface area (Å²) in [6.45, 7) is 7.13. The normalized spacial score (nSPS) is 19.8. The second-order valence-electron chi connectivity index (χ2n) is 4.12.